The van der Waals surface area contributed by atoms with Gasteiger partial charge in [-0.15, -0.1) is 0 Å². The van der Waals surface area contributed by atoms with Gasteiger partial charge in [-0.2, -0.15) is 0 Å². The van der Waals surface area contributed by atoms with E-state index in [4.69, 9.17) is 0 Å². The van der Waals surface area contributed by atoms with Crippen LogP contribution in [0.15, 0.2) is 0 Å². The average Bonchev–Trinajstić information content (AvgIpc) is 2.22. The van der Waals surface area contributed by atoms with Gasteiger partial charge in [0.15, 0.2) is 11.6 Å². The lowest BCUT2D eigenvalue weighted by Gasteiger charge is -2.25. The fraction of sp³-hybridized carbons (Fsp3) is 0.857. The van der Waals surface area contributed by atoms with Crippen molar-refractivity contribution in [3.8, 4) is 0 Å². The third kappa shape index (κ3) is 7.61. The molecule has 0 saturated heterocycles. The van der Waals surface area contributed by atoms with E-state index in [1.807, 2.05) is 0 Å². The van der Waals surface area contributed by atoms with Gasteiger partial charge in [0.25, 0.3) is 0 Å². The van der Waals surface area contributed by atoms with Crippen LogP contribution in [0.4, 0.5) is 0 Å². The highest BCUT2D eigenvalue weighted by Gasteiger charge is 2.16. The van der Waals surface area contributed by atoms with Crippen LogP contribution in [0, 0.1) is 11.8 Å². The Kier molecular flexibility index (Phi) is 8.14. The van der Waals surface area contributed by atoms with Gasteiger partial charge in [0, 0.05) is 13.8 Å². The van der Waals surface area contributed by atoms with E-state index >= 15 is 0 Å². The van der Waals surface area contributed by atoms with Crippen LogP contribution in [0.2, 0.25) is 0 Å². The monoisotopic (exact) mass is 226 g/mol. The van der Waals surface area contributed by atoms with Crippen molar-refractivity contribution in [3.63, 3.8) is 0 Å². The van der Waals surface area contributed by atoms with Crippen molar-refractivity contribution in [2.75, 3.05) is 0 Å². The maximum atomic E-state index is 9.79. The van der Waals surface area contributed by atoms with Gasteiger partial charge in [0.1, 0.15) is 0 Å². The molecular weight excluding hydrogens is 200 g/mol. The first kappa shape index (κ1) is 15.3. The molecule has 1 fully saturated rings. The first-order chi connectivity index (χ1) is 7.47. The van der Waals surface area contributed by atoms with Crippen LogP contribution in [-0.4, -0.2) is 11.6 Å². The van der Waals surface area contributed by atoms with E-state index in [9.17, 15) is 9.59 Å². The van der Waals surface area contributed by atoms with E-state index < -0.39 is 0 Å². The van der Waals surface area contributed by atoms with Crippen LogP contribution < -0.4 is 0 Å². The quantitative estimate of drug-likeness (QED) is 0.686. The molecule has 0 amide bonds. The summed E-state index contributed by atoms with van der Waals surface area (Å²) in [5, 5.41) is 0. The van der Waals surface area contributed by atoms with Crippen LogP contribution in [0.3, 0.4) is 0 Å². The zero-order valence-corrected chi connectivity index (χ0v) is 11.2. The topological polar surface area (TPSA) is 34.1 Å². The Labute approximate surface area is 99.8 Å². The molecule has 0 aliphatic heterocycles. The smallest absolute Gasteiger partial charge is 0.195 e. The molecule has 0 aromatic carbocycles. The summed E-state index contributed by atoms with van der Waals surface area (Å²) in [4.78, 5) is 19.6. The molecule has 94 valence electrons. The normalized spacial score (nSPS) is 24.2. The average molecular weight is 226 g/mol. The zero-order valence-electron chi connectivity index (χ0n) is 11.2. The molecule has 1 aliphatic carbocycles. The van der Waals surface area contributed by atoms with Crippen molar-refractivity contribution >= 4 is 11.6 Å². The molecule has 1 rings (SSSR count). The Bertz CT molecular complexity index is 201. The van der Waals surface area contributed by atoms with Crippen LogP contribution in [0.25, 0.3) is 0 Å². The Hall–Kier alpha value is -0.660. The fourth-order valence-corrected chi connectivity index (χ4v) is 2.03. The second kappa shape index (κ2) is 8.49. The van der Waals surface area contributed by atoms with Gasteiger partial charge in [0.05, 0.1) is 0 Å². The number of Topliss-reactive ketones (excluding diaryl/α,β-unsaturated/α-hetero) is 2. The Morgan fingerprint density at radius 1 is 1.00 bits per heavy atom. The van der Waals surface area contributed by atoms with Crippen LogP contribution in [-0.2, 0) is 9.59 Å². The third-order valence-electron chi connectivity index (χ3n) is 3.33. The van der Waals surface area contributed by atoms with Crippen LogP contribution >= 0.6 is 0 Å². The second-order valence-electron chi connectivity index (χ2n) is 5.03. The standard InChI is InChI=1S/C10H20.C4H6O2/c1-3-4-10-7-5-9(2)6-8-10;1-3(5)4(2)6/h9-10H,3-8H2,1-2H3;1-2H3. The molecule has 0 N–H and O–H groups in total. The largest absolute Gasteiger partial charge is 0.291 e. The Morgan fingerprint density at radius 2 is 1.44 bits per heavy atom. The van der Waals surface area contributed by atoms with E-state index in [0.717, 1.165) is 11.8 Å². The molecular formula is C14H26O2. The third-order valence-corrected chi connectivity index (χ3v) is 3.33. The number of rotatable bonds is 3. The molecule has 2 nitrogen and oxygen atoms in total. The first-order valence-corrected chi connectivity index (χ1v) is 6.48. The summed E-state index contributed by atoms with van der Waals surface area (Å²) in [5.74, 6) is 1.35. The molecule has 0 radical (unpaired) electrons. The summed E-state index contributed by atoms with van der Waals surface area (Å²) >= 11 is 0. The molecule has 16 heavy (non-hydrogen) atoms. The summed E-state index contributed by atoms with van der Waals surface area (Å²) in [6.45, 7) is 7.20. The molecule has 0 unspecified atom stereocenters. The van der Waals surface area contributed by atoms with Crippen molar-refractivity contribution in [3.05, 3.63) is 0 Å². The van der Waals surface area contributed by atoms with Gasteiger partial charge in [-0.05, 0) is 11.8 Å². The van der Waals surface area contributed by atoms with Gasteiger partial charge in [-0.25, -0.2) is 0 Å². The highest BCUT2D eigenvalue weighted by atomic mass is 16.2. The highest BCUT2D eigenvalue weighted by Crippen LogP contribution is 2.30. The predicted octanol–water partition coefficient (Wildman–Crippen LogP) is 3.78. The summed E-state index contributed by atoms with van der Waals surface area (Å²) in [5.41, 5.74) is 0. The summed E-state index contributed by atoms with van der Waals surface area (Å²) in [6.07, 6.45) is 8.87. The Balaban J connectivity index is 0.000000325. The molecule has 1 aliphatic rings. The SMILES string of the molecule is CC(=O)C(C)=O.CCCC1CCC(C)CC1. The molecule has 0 spiro atoms. The van der Waals surface area contributed by atoms with E-state index in [1.165, 1.54) is 52.4 Å². The molecule has 0 bridgehead atoms. The van der Waals surface area contributed by atoms with Crippen LogP contribution in [0.1, 0.15) is 66.2 Å². The minimum absolute atomic E-state index is 0.380. The molecule has 0 aromatic rings. The zero-order chi connectivity index (χ0) is 12.6. The highest BCUT2D eigenvalue weighted by molar-refractivity contribution is 6.35. The van der Waals surface area contributed by atoms with Crippen molar-refractivity contribution in [1.82, 2.24) is 0 Å². The van der Waals surface area contributed by atoms with Gasteiger partial charge in [-0.3, -0.25) is 9.59 Å². The summed E-state index contributed by atoms with van der Waals surface area (Å²) in [6, 6.07) is 0. The van der Waals surface area contributed by atoms with Crippen LogP contribution in [0.5, 0.6) is 0 Å². The number of ketones is 2. The van der Waals surface area contributed by atoms with Crippen molar-refractivity contribution < 1.29 is 9.59 Å². The lowest BCUT2D eigenvalue weighted by atomic mass is 9.81. The van der Waals surface area contributed by atoms with E-state index in [-0.39, 0.29) is 11.6 Å². The predicted molar refractivity (Wildman–Crippen MR) is 67.4 cm³/mol. The minimum atomic E-state index is -0.380. The fourth-order valence-electron chi connectivity index (χ4n) is 2.03. The lowest BCUT2D eigenvalue weighted by molar-refractivity contribution is -0.134. The first-order valence-electron chi connectivity index (χ1n) is 6.48. The van der Waals surface area contributed by atoms with E-state index in [1.54, 1.807) is 0 Å². The lowest BCUT2D eigenvalue weighted by Crippen LogP contribution is -2.11. The Morgan fingerprint density at radius 3 is 1.75 bits per heavy atom. The number of carbonyl (C=O) groups is 2. The van der Waals surface area contributed by atoms with Crippen molar-refractivity contribution in [2.45, 2.75) is 66.2 Å². The summed E-state index contributed by atoms with van der Waals surface area (Å²) < 4.78 is 0. The molecule has 0 aromatic heterocycles. The summed E-state index contributed by atoms with van der Waals surface area (Å²) in [7, 11) is 0. The van der Waals surface area contributed by atoms with Crippen molar-refractivity contribution in [1.29, 1.82) is 0 Å². The number of hydrogen-bond donors (Lipinski definition) is 0. The second-order valence-corrected chi connectivity index (χ2v) is 5.03. The van der Waals surface area contributed by atoms with Gasteiger partial charge >= 0.3 is 0 Å². The maximum absolute atomic E-state index is 9.79. The maximum Gasteiger partial charge on any atom is 0.195 e. The molecule has 0 heterocycles. The molecule has 1 saturated carbocycles. The van der Waals surface area contributed by atoms with E-state index in [2.05, 4.69) is 13.8 Å². The van der Waals surface area contributed by atoms with Gasteiger partial charge in [-0.1, -0.05) is 52.4 Å². The van der Waals surface area contributed by atoms with Crippen molar-refractivity contribution in [2.24, 2.45) is 11.8 Å². The number of carbonyl (C=O) groups excluding carboxylic acids is 2. The molecule has 2 heteroatoms. The minimum Gasteiger partial charge on any atom is -0.291 e. The number of hydrogen-bond acceptors (Lipinski definition) is 2. The van der Waals surface area contributed by atoms with Gasteiger partial charge < -0.3 is 0 Å². The van der Waals surface area contributed by atoms with E-state index in [0.29, 0.717) is 0 Å². The molecule has 0 atom stereocenters. The van der Waals surface area contributed by atoms with Gasteiger partial charge in [0.2, 0.25) is 0 Å².